The minimum absolute atomic E-state index is 0.305. The molecule has 3 rings (SSSR count). The number of nitrogens with zero attached hydrogens (tertiary/aromatic N) is 1. The van der Waals surface area contributed by atoms with Gasteiger partial charge in [0, 0.05) is 18.9 Å². The van der Waals surface area contributed by atoms with E-state index in [9.17, 15) is 0 Å². The Morgan fingerprint density at radius 2 is 1.93 bits per heavy atom. The Kier molecular flexibility index (Phi) is 2.51. The molecule has 0 amide bonds. The van der Waals surface area contributed by atoms with Crippen molar-refractivity contribution in [2.75, 3.05) is 0 Å². The van der Waals surface area contributed by atoms with Gasteiger partial charge in [0.15, 0.2) is 0 Å². The SMILES string of the molecule is BrC1(Br)[C@@H]2[C@@H](CCn3cccc3)CC[C@@H]21. The summed E-state index contributed by atoms with van der Waals surface area (Å²) in [6, 6.07) is 4.21. The van der Waals surface area contributed by atoms with E-state index in [4.69, 9.17) is 0 Å². The van der Waals surface area contributed by atoms with Crippen LogP contribution < -0.4 is 0 Å². The third kappa shape index (κ3) is 1.72. The van der Waals surface area contributed by atoms with E-state index in [2.05, 4.69) is 61.0 Å². The number of rotatable bonds is 3. The highest BCUT2D eigenvalue weighted by atomic mass is 79.9. The van der Waals surface area contributed by atoms with E-state index >= 15 is 0 Å². The third-order valence-corrected chi connectivity index (χ3v) is 6.28. The molecule has 0 aromatic carbocycles. The maximum atomic E-state index is 3.80. The topological polar surface area (TPSA) is 4.93 Å². The molecule has 2 aliphatic rings. The number of halogens is 2. The quantitative estimate of drug-likeness (QED) is 0.737. The highest BCUT2D eigenvalue weighted by molar-refractivity contribution is 9.25. The average molecular weight is 333 g/mol. The van der Waals surface area contributed by atoms with Crippen LogP contribution in [0.25, 0.3) is 0 Å². The van der Waals surface area contributed by atoms with Gasteiger partial charge in [-0.15, -0.1) is 0 Å². The van der Waals surface area contributed by atoms with Gasteiger partial charge in [0.25, 0.3) is 0 Å². The van der Waals surface area contributed by atoms with Gasteiger partial charge in [0.05, 0.1) is 3.23 Å². The second-order valence-corrected chi connectivity index (χ2v) is 8.54. The standard InChI is InChI=1S/C12H15Br2N/c13-12(14)10-4-3-9(11(10)12)5-8-15-6-1-2-7-15/h1-2,6-7,9-11H,3-5,8H2/t9-,10+,11-/m1/s1. The van der Waals surface area contributed by atoms with Gasteiger partial charge < -0.3 is 4.57 Å². The zero-order chi connectivity index (χ0) is 10.5. The van der Waals surface area contributed by atoms with Crippen molar-refractivity contribution < 1.29 is 0 Å². The molecule has 0 radical (unpaired) electrons. The zero-order valence-electron chi connectivity index (χ0n) is 8.57. The Hall–Kier alpha value is 0.240. The van der Waals surface area contributed by atoms with Crippen LogP contribution in [0.15, 0.2) is 24.5 Å². The molecule has 0 bridgehead atoms. The Morgan fingerprint density at radius 1 is 1.20 bits per heavy atom. The molecule has 0 unspecified atom stereocenters. The van der Waals surface area contributed by atoms with E-state index in [1.807, 2.05) is 0 Å². The zero-order valence-corrected chi connectivity index (χ0v) is 11.7. The van der Waals surface area contributed by atoms with Crippen molar-refractivity contribution in [1.29, 1.82) is 0 Å². The molecule has 82 valence electrons. The van der Waals surface area contributed by atoms with Crippen LogP contribution in [0.5, 0.6) is 0 Å². The van der Waals surface area contributed by atoms with E-state index in [0.717, 1.165) is 17.8 Å². The van der Waals surface area contributed by atoms with Gasteiger partial charge in [-0.25, -0.2) is 0 Å². The van der Waals surface area contributed by atoms with Crippen LogP contribution in [-0.4, -0.2) is 7.80 Å². The van der Waals surface area contributed by atoms with Crippen LogP contribution in [0, 0.1) is 17.8 Å². The van der Waals surface area contributed by atoms with Gasteiger partial charge in [-0.2, -0.15) is 0 Å². The maximum absolute atomic E-state index is 3.80. The molecule has 15 heavy (non-hydrogen) atoms. The Balaban J connectivity index is 1.57. The van der Waals surface area contributed by atoms with Crippen molar-refractivity contribution >= 4 is 31.9 Å². The monoisotopic (exact) mass is 331 g/mol. The lowest BCUT2D eigenvalue weighted by Crippen LogP contribution is -2.09. The molecule has 1 nitrogen and oxygen atoms in total. The van der Waals surface area contributed by atoms with Gasteiger partial charge in [0.1, 0.15) is 0 Å². The molecule has 3 heteroatoms. The highest BCUT2D eigenvalue weighted by Gasteiger charge is 2.66. The number of hydrogen-bond donors (Lipinski definition) is 0. The molecule has 0 N–H and O–H groups in total. The molecular weight excluding hydrogens is 318 g/mol. The van der Waals surface area contributed by atoms with Crippen molar-refractivity contribution in [3.8, 4) is 0 Å². The summed E-state index contributed by atoms with van der Waals surface area (Å²) in [5.74, 6) is 2.69. The van der Waals surface area contributed by atoms with Crippen LogP contribution in [-0.2, 0) is 6.54 Å². The lowest BCUT2D eigenvalue weighted by atomic mass is 10.00. The minimum Gasteiger partial charge on any atom is -0.354 e. The maximum Gasteiger partial charge on any atom is 0.0871 e. The first kappa shape index (κ1) is 10.4. The first-order valence-electron chi connectivity index (χ1n) is 5.68. The predicted octanol–water partition coefficient (Wildman–Crippen LogP) is 4.02. The summed E-state index contributed by atoms with van der Waals surface area (Å²) in [7, 11) is 0. The first-order chi connectivity index (χ1) is 7.19. The summed E-state index contributed by atoms with van der Waals surface area (Å²) in [5.41, 5.74) is 0. The van der Waals surface area contributed by atoms with Crippen molar-refractivity contribution in [3.63, 3.8) is 0 Å². The van der Waals surface area contributed by atoms with Gasteiger partial charge in [-0.1, -0.05) is 31.9 Å². The van der Waals surface area contributed by atoms with E-state index in [0.29, 0.717) is 3.23 Å². The van der Waals surface area contributed by atoms with Crippen LogP contribution in [0.2, 0.25) is 0 Å². The number of hydrogen-bond acceptors (Lipinski definition) is 0. The Labute approximate surface area is 107 Å². The largest absolute Gasteiger partial charge is 0.354 e. The van der Waals surface area contributed by atoms with E-state index < -0.39 is 0 Å². The number of alkyl halides is 2. The second-order valence-electron chi connectivity index (χ2n) is 4.85. The van der Waals surface area contributed by atoms with E-state index in [1.165, 1.54) is 25.8 Å². The fourth-order valence-corrected chi connectivity index (χ4v) is 5.31. The molecule has 3 atom stereocenters. The highest BCUT2D eigenvalue weighted by Crippen LogP contribution is 2.71. The number of aromatic nitrogens is 1. The lowest BCUT2D eigenvalue weighted by Gasteiger charge is -2.15. The summed E-state index contributed by atoms with van der Waals surface area (Å²) in [4.78, 5) is 0. The number of fused-ring (bicyclic) bond motifs is 1. The van der Waals surface area contributed by atoms with Crippen LogP contribution in [0.4, 0.5) is 0 Å². The van der Waals surface area contributed by atoms with Crippen LogP contribution >= 0.6 is 31.9 Å². The summed E-state index contributed by atoms with van der Waals surface area (Å²) in [6.45, 7) is 1.18. The molecule has 0 spiro atoms. The molecule has 0 saturated heterocycles. The molecule has 1 aromatic heterocycles. The third-order valence-electron chi connectivity index (χ3n) is 4.04. The van der Waals surface area contributed by atoms with Crippen molar-refractivity contribution in [2.24, 2.45) is 17.8 Å². The summed E-state index contributed by atoms with van der Waals surface area (Å²) >= 11 is 7.60. The molecule has 1 heterocycles. The van der Waals surface area contributed by atoms with Crippen molar-refractivity contribution in [1.82, 2.24) is 4.57 Å². The Morgan fingerprint density at radius 3 is 2.53 bits per heavy atom. The first-order valence-corrected chi connectivity index (χ1v) is 7.27. The Bertz CT molecular complexity index is 345. The normalized spacial score (nSPS) is 36.5. The molecule has 2 fully saturated rings. The predicted molar refractivity (Wildman–Crippen MR) is 69.3 cm³/mol. The van der Waals surface area contributed by atoms with Gasteiger partial charge in [0.2, 0.25) is 0 Å². The number of aryl methyl sites for hydroxylation is 1. The molecule has 2 saturated carbocycles. The van der Waals surface area contributed by atoms with Crippen LogP contribution in [0.1, 0.15) is 19.3 Å². The smallest absolute Gasteiger partial charge is 0.0871 e. The molecule has 0 aliphatic heterocycles. The fourth-order valence-electron chi connectivity index (χ4n) is 3.16. The van der Waals surface area contributed by atoms with Gasteiger partial charge in [-0.3, -0.25) is 0 Å². The van der Waals surface area contributed by atoms with Crippen molar-refractivity contribution in [3.05, 3.63) is 24.5 Å². The molecule has 1 aromatic rings. The summed E-state index contributed by atoms with van der Waals surface area (Å²) < 4.78 is 2.60. The minimum atomic E-state index is 0.305. The molecule has 2 aliphatic carbocycles. The van der Waals surface area contributed by atoms with Gasteiger partial charge >= 0.3 is 0 Å². The summed E-state index contributed by atoms with van der Waals surface area (Å²) in [5, 5.41) is 0. The second kappa shape index (κ2) is 3.63. The summed E-state index contributed by atoms with van der Waals surface area (Å²) in [6.07, 6.45) is 8.48. The van der Waals surface area contributed by atoms with E-state index in [1.54, 1.807) is 0 Å². The van der Waals surface area contributed by atoms with Crippen molar-refractivity contribution in [2.45, 2.75) is 29.0 Å². The van der Waals surface area contributed by atoms with E-state index in [-0.39, 0.29) is 0 Å². The fraction of sp³-hybridized carbons (Fsp3) is 0.667. The average Bonchev–Trinajstić information content (AvgIpc) is 2.73. The van der Waals surface area contributed by atoms with Gasteiger partial charge in [-0.05, 0) is 49.1 Å². The van der Waals surface area contributed by atoms with Crippen LogP contribution in [0.3, 0.4) is 0 Å². The molecular formula is C12H15Br2N. The lowest BCUT2D eigenvalue weighted by molar-refractivity contribution is 0.412.